The lowest BCUT2D eigenvalue weighted by atomic mass is 10.0. The van der Waals surface area contributed by atoms with Crippen molar-refractivity contribution in [3.63, 3.8) is 0 Å². The number of carbonyl (C=O) groups excluding carboxylic acids is 1. The zero-order valence-corrected chi connectivity index (χ0v) is 22.4. The number of hydrogen-bond donors (Lipinski definition) is 2. The smallest absolute Gasteiger partial charge is 0.350 e. The van der Waals surface area contributed by atoms with Crippen LogP contribution in [0.1, 0.15) is 31.1 Å². The molecule has 2 heterocycles. The van der Waals surface area contributed by atoms with Crippen LogP contribution in [0.15, 0.2) is 90.0 Å². The van der Waals surface area contributed by atoms with Crippen molar-refractivity contribution in [1.82, 2.24) is 19.2 Å². The van der Waals surface area contributed by atoms with Gasteiger partial charge in [0.1, 0.15) is 12.4 Å². The monoisotopic (exact) mass is 546 g/mol. The molecule has 1 saturated heterocycles. The van der Waals surface area contributed by atoms with Gasteiger partial charge in [-0.25, -0.2) is 18.8 Å². The molecule has 1 aromatic heterocycles. The van der Waals surface area contributed by atoms with Crippen LogP contribution in [0.2, 0.25) is 5.02 Å². The van der Waals surface area contributed by atoms with E-state index in [1.54, 1.807) is 24.3 Å². The number of nitrogens with zero attached hydrogens (tertiary/aromatic N) is 5. The first kappa shape index (κ1) is 26.5. The van der Waals surface area contributed by atoms with Crippen LogP contribution in [0.5, 0.6) is 0 Å². The second-order valence-electron chi connectivity index (χ2n) is 9.49. The lowest BCUT2D eigenvalue weighted by Gasteiger charge is -2.36. The van der Waals surface area contributed by atoms with E-state index in [1.165, 1.54) is 15.6 Å². The molecule has 5 rings (SSSR count). The predicted molar refractivity (Wildman–Crippen MR) is 153 cm³/mol. The van der Waals surface area contributed by atoms with Crippen molar-refractivity contribution in [1.29, 1.82) is 0 Å². The molecule has 3 aromatic carbocycles. The largest absolute Gasteiger partial charge is 0.386 e. The Morgan fingerprint density at radius 1 is 0.949 bits per heavy atom. The molecule has 0 aliphatic carbocycles. The first-order chi connectivity index (χ1) is 18.9. The summed E-state index contributed by atoms with van der Waals surface area (Å²) in [5.41, 5.74) is 2.85. The van der Waals surface area contributed by atoms with Gasteiger partial charge in [0.2, 0.25) is 0 Å². The molecule has 39 heavy (non-hydrogen) atoms. The Balaban J connectivity index is 1.23. The number of rotatable bonds is 7. The molecule has 4 aromatic rings. The van der Waals surface area contributed by atoms with Gasteiger partial charge in [0.25, 0.3) is 0 Å². The van der Waals surface area contributed by atoms with Crippen LogP contribution in [-0.4, -0.2) is 56.6 Å². The number of halogens is 1. The number of aliphatic hydroxyl groups excluding tert-OH is 1. The summed E-state index contributed by atoms with van der Waals surface area (Å²) >= 11 is 5.98. The average Bonchev–Trinajstić information content (AvgIpc) is 3.35. The van der Waals surface area contributed by atoms with Gasteiger partial charge in [-0.05, 0) is 60.5 Å². The predicted octanol–water partition coefficient (Wildman–Crippen LogP) is 4.73. The molecule has 1 aliphatic heterocycles. The first-order valence-corrected chi connectivity index (χ1v) is 13.4. The topological polar surface area (TPSA) is 95.6 Å². The normalized spacial score (nSPS) is 15.2. The fourth-order valence-electron chi connectivity index (χ4n) is 4.85. The molecule has 0 radical (unpaired) electrons. The maximum atomic E-state index is 13.3. The standard InChI is InChI=1S/C29H31ClN6O3/c1-2-26(27(37)21-8-10-22(30)11-9-21)36-29(39)35(20-31-36)25-14-12-24(13-15-25)33-16-18-34(19-17-33)28(38)32-23-6-4-3-5-7-23/h3-15,20,26-27,37H,2,16-19H2,1H3,(H,32,38)/t26-,27-/m1/s1. The third kappa shape index (κ3) is 5.84. The highest BCUT2D eigenvalue weighted by atomic mass is 35.5. The maximum absolute atomic E-state index is 13.3. The summed E-state index contributed by atoms with van der Waals surface area (Å²) in [5.74, 6) is 0. The van der Waals surface area contributed by atoms with E-state index in [9.17, 15) is 14.7 Å². The van der Waals surface area contributed by atoms with Crippen LogP contribution in [0.4, 0.5) is 16.2 Å². The van der Waals surface area contributed by atoms with Crippen LogP contribution in [0.25, 0.3) is 5.69 Å². The molecule has 9 nitrogen and oxygen atoms in total. The molecule has 10 heteroatoms. The number of hydrogen-bond acceptors (Lipinski definition) is 5. The van der Waals surface area contributed by atoms with Crippen molar-refractivity contribution in [2.45, 2.75) is 25.5 Å². The van der Waals surface area contributed by atoms with E-state index in [0.29, 0.717) is 48.9 Å². The summed E-state index contributed by atoms with van der Waals surface area (Å²) in [6, 6.07) is 23.5. The van der Waals surface area contributed by atoms with Gasteiger partial charge >= 0.3 is 11.7 Å². The minimum absolute atomic E-state index is 0.0980. The fraction of sp³-hybridized carbons (Fsp3) is 0.276. The van der Waals surface area contributed by atoms with Gasteiger partial charge in [-0.2, -0.15) is 5.10 Å². The molecule has 0 bridgehead atoms. The third-order valence-electron chi connectivity index (χ3n) is 7.09. The summed E-state index contributed by atoms with van der Waals surface area (Å²) < 4.78 is 2.82. The molecule has 2 N–H and O–H groups in total. The number of nitrogens with one attached hydrogen (secondary N) is 1. The summed E-state index contributed by atoms with van der Waals surface area (Å²) in [5, 5.41) is 18.8. The van der Waals surface area contributed by atoms with Gasteiger partial charge < -0.3 is 20.2 Å². The number of aliphatic hydroxyl groups is 1. The number of piperazine rings is 1. The van der Waals surface area contributed by atoms with Crippen molar-refractivity contribution in [2.75, 3.05) is 36.4 Å². The summed E-state index contributed by atoms with van der Waals surface area (Å²) in [6.07, 6.45) is 1.11. The Morgan fingerprint density at radius 3 is 2.23 bits per heavy atom. The van der Waals surface area contributed by atoms with Crippen molar-refractivity contribution in [3.8, 4) is 5.69 Å². The van der Waals surface area contributed by atoms with Crippen molar-refractivity contribution in [3.05, 3.63) is 106 Å². The minimum Gasteiger partial charge on any atom is -0.386 e. The molecule has 0 unspecified atom stereocenters. The Bertz CT molecular complexity index is 1450. The van der Waals surface area contributed by atoms with E-state index in [4.69, 9.17) is 11.6 Å². The minimum atomic E-state index is -0.899. The Labute approximate surface area is 231 Å². The number of anilines is 2. The molecule has 2 amide bonds. The Kier molecular flexibility index (Phi) is 7.99. The fourth-order valence-corrected chi connectivity index (χ4v) is 4.97. The van der Waals surface area contributed by atoms with E-state index < -0.39 is 12.1 Å². The van der Waals surface area contributed by atoms with Gasteiger partial charge in [-0.1, -0.05) is 48.9 Å². The quantitative estimate of drug-likeness (QED) is 0.349. The highest BCUT2D eigenvalue weighted by molar-refractivity contribution is 6.30. The Morgan fingerprint density at radius 2 is 1.59 bits per heavy atom. The molecule has 2 atom stereocenters. The maximum Gasteiger partial charge on any atom is 0.350 e. The van der Waals surface area contributed by atoms with Gasteiger partial charge in [0.15, 0.2) is 0 Å². The van der Waals surface area contributed by atoms with Crippen LogP contribution in [-0.2, 0) is 0 Å². The number of amides is 2. The van der Waals surface area contributed by atoms with Gasteiger partial charge in [0.05, 0.1) is 11.7 Å². The zero-order chi connectivity index (χ0) is 27.4. The summed E-state index contributed by atoms with van der Waals surface area (Å²) in [7, 11) is 0. The SMILES string of the molecule is CC[C@H]([C@H](O)c1ccc(Cl)cc1)n1ncn(-c2ccc(N3CCN(C(=O)Nc4ccccc4)CC3)cc2)c1=O. The average molecular weight is 547 g/mol. The number of carbonyl (C=O) groups is 1. The molecular formula is C29H31ClN6O3. The number of urea groups is 1. The number of para-hydroxylation sites is 1. The molecule has 0 spiro atoms. The first-order valence-electron chi connectivity index (χ1n) is 13.0. The van der Waals surface area contributed by atoms with Gasteiger partial charge in [0, 0.05) is 42.6 Å². The second kappa shape index (κ2) is 11.8. The van der Waals surface area contributed by atoms with Crippen molar-refractivity contribution in [2.24, 2.45) is 0 Å². The molecule has 0 saturated carbocycles. The molecule has 1 fully saturated rings. The Hall–Kier alpha value is -4.08. The van der Waals surface area contributed by atoms with Crippen molar-refractivity contribution < 1.29 is 9.90 Å². The second-order valence-corrected chi connectivity index (χ2v) is 9.92. The van der Waals surface area contributed by atoms with Gasteiger partial charge in [-0.3, -0.25) is 0 Å². The number of aromatic nitrogens is 3. The van der Waals surface area contributed by atoms with E-state index in [-0.39, 0.29) is 11.7 Å². The molecule has 1 aliphatic rings. The van der Waals surface area contributed by atoms with E-state index in [2.05, 4.69) is 15.3 Å². The highest BCUT2D eigenvalue weighted by Crippen LogP contribution is 2.28. The van der Waals surface area contributed by atoms with Crippen molar-refractivity contribution >= 4 is 29.0 Å². The van der Waals surface area contributed by atoms with Crippen LogP contribution in [0, 0.1) is 0 Å². The number of benzene rings is 3. The zero-order valence-electron chi connectivity index (χ0n) is 21.7. The summed E-state index contributed by atoms with van der Waals surface area (Å²) in [4.78, 5) is 29.9. The lowest BCUT2D eigenvalue weighted by molar-refractivity contribution is 0.101. The third-order valence-corrected chi connectivity index (χ3v) is 7.34. The van der Waals surface area contributed by atoms with E-state index in [0.717, 1.165) is 11.4 Å². The van der Waals surface area contributed by atoms with Crippen LogP contribution >= 0.6 is 11.6 Å². The van der Waals surface area contributed by atoms with E-state index in [1.807, 2.05) is 66.4 Å². The van der Waals surface area contributed by atoms with Gasteiger partial charge in [-0.15, -0.1) is 0 Å². The molecular weight excluding hydrogens is 516 g/mol. The van der Waals surface area contributed by atoms with Crippen LogP contribution in [0.3, 0.4) is 0 Å². The lowest BCUT2D eigenvalue weighted by Crippen LogP contribution is -2.50. The highest BCUT2D eigenvalue weighted by Gasteiger charge is 2.25. The molecule has 202 valence electrons. The summed E-state index contributed by atoms with van der Waals surface area (Å²) in [6.45, 7) is 4.55. The van der Waals surface area contributed by atoms with Crippen LogP contribution < -0.4 is 15.9 Å². The van der Waals surface area contributed by atoms with E-state index >= 15 is 0 Å².